The van der Waals surface area contributed by atoms with E-state index < -0.39 is 0 Å². The summed E-state index contributed by atoms with van der Waals surface area (Å²) in [6, 6.07) is 6.41. The normalized spacial score (nSPS) is 24.1. The molecule has 0 amide bonds. The molecule has 1 saturated heterocycles. The lowest BCUT2D eigenvalue weighted by molar-refractivity contribution is -0.0716. The average molecular weight is 245 g/mol. The number of hydrogen-bond acceptors (Lipinski definition) is 3. The molecule has 1 aromatic carbocycles. The topological polar surface area (TPSA) is 21.7 Å². The number of benzene rings is 1. The van der Waals surface area contributed by atoms with Gasteiger partial charge in [0.15, 0.2) is 11.5 Å². The highest BCUT2D eigenvalue weighted by Crippen LogP contribution is 2.47. The minimum Gasteiger partial charge on any atom is -0.448 e. The number of anilines is 1. The molecule has 2 aliphatic heterocycles. The Morgan fingerprint density at radius 3 is 2.39 bits per heavy atom. The molecule has 1 spiro atoms. The third kappa shape index (κ3) is 1.57. The number of rotatable bonds is 1. The first kappa shape index (κ1) is 10.5. The molecule has 2 heterocycles. The summed E-state index contributed by atoms with van der Waals surface area (Å²) in [7, 11) is 0. The smallest absolute Gasteiger partial charge is 0.251 e. The van der Waals surface area contributed by atoms with Crippen LogP contribution < -0.4 is 14.4 Å². The molecular weight excluding hydrogens is 226 g/mol. The van der Waals surface area contributed by atoms with Gasteiger partial charge in [-0.05, 0) is 37.8 Å². The Balaban J connectivity index is 1.62. The first-order valence-electron chi connectivity index (χ1n) is 7.12. The van der Waals surface area contributed by atoms with Crippen LogP contribution in [-0.2, 0) is 0 Å². The molecule has 96 valence electrons. The van der Waals surface area contributed by atoms with Crippen molar-refractivity contribution in [2.24, 2.45) is 0 Å². The molecule has 1 aromatic rings. The number of ether oxygens (including phenoxy) is 2. The number of fused-ring (bicyclic) bond motifs is 1. The van der Waals surface area contributed by atoms with E-state index in [4.69, 9.17) is 9.47 Å². The van der Waals surface area contributed by atoms with Gasteiger partial charge in [0.25, 0.3) is 5.79 Å². The molecule has 3 heteroatoms. The Kier molecular flexibility index (Phi) is 2.23. The fraction of sp³-hybridized carbons (Fsp3) is 0.600. The molecule has 4 rings (SSSR count). The Labute approximate surface area is 108 Å². The first-order chi connectivity index (χ1) is 8.85. The van der Waals surface area contributed by atoms with E-state index in [1.54, 1.807) is 0 Å². The predicted molar refractivity (Wildman–Crippen MR) is 70.3 cm³/mol. The second kappa shape index (κ2) is 3.81. The van der Waals surface area contributed by atoms with Crippen LogP contribution in [0.4, 0.5) is 5.69 Å². The summed E-state index contributed by atoms with van der Waals surface area (Å²) >= 11 is 0. The maximum atomic E-state index is 6.11. The zero-order valence-electron chi connectivity index (χ0n) is 10.7. The van der Waals surface area contributed by atoms with Gasteiger partial charge in [-0.15, -0.1) is 0 Å². The fourth-order valence-electron chi connectivity index (χ4n) is 3.37. The van der Waals surface area contributed by atoms with E-state index in [1.807, 2.05) is 0 Å². The third-order valence-electron chi connectivity index (χ3n) is 4.36. The maximum absolute atomic E-state index is 6.11. The van der Waals surface area contributed by atoms with Crippen LogP contribution in [0, 0.1) is 0 Å². The molecule has 3 nitrogen and oxygen atoms in total. The molecule has 0 atom stereocenters. The highest BCUT2D eigenvalue weighted by molar-refractivity contribution is 5.58. The van der Waals surface area contributed by atoms with E-state index >= 15 is 0 Å². The van der Waals surface area contributed by atoms with Crippen LogP contribution in [0.1, 0.15) is 38.5 Å². The number of nitrogens with zero attached hydrogens (tertiary/aromatic N) is 1. The van der Waals surface area contributed by atoms with Crippen molar-refractivity contribution in [3.05, 3.63) is 18.2 Å². The standard InChI is InChI=1S/C15H19NO2/c1-2-8-15(7-1)17-13-6-5-12(11-14(13)18-15)16-9-3-4-10-16/h5-6,11H,1-4,7-10H2. The molecule has 3 aliphatic rings. The summed E-state index contributed by atoms with van der Waals surface area (Å²) in [5.74, 6) is 1.55. The monoisotopic (exact) mass is 245 g/mol. The van der Waals surface area contributed by atoms with Crippen LogP contribution in [0.5, 0.6) is 11.5 Å². The fourth-order valence-corrected chi connectivity index (χ4v) is 3.37. The lowest BCUT2D eigenvalue weighted by Crippen LogP contribution is -2.34. The van der Waals surface area contributed by atoms with Crippen molar-refractivity contribution in [3.8, 4) is 11.5 Å². The molecule has 1 saturated carbocycles. The van der Waals surface area contributed by atoms with Gasteiger partial charge in [-0.3, -0.25) is 0 Å². The molecule has 0 radical (unpaired) electrons. The van der Waals surface area contributed by atoms with Gasteiger partial charge >= 0.3 is 0 Å². The summed E-state index contributed by atoms with van der Waals surface area (Å²) in [4.78, 5) is 2.43. The van der Waals surface area contributed by atoms with E-state index in [0.717, 1.165) is 24.3 Å². The minimum absolute atomic E-state index is 0.327. The summed E-state index contributed by atoms with van der Waals surface area (Å²) in [5.41, 5.74) is 1.28. The highest BCUT2D eigenvalue weighted by atomic mass is 16.7. The van der Waals surface area contributed by atoms with Crippen LogP contribution in [0.25, 0.3) is 0 Å². The molecule has 1 aliphatic carbocycles. The van der Waals surface area contributed by atoms with Crippen LogP contribution in [0.2, 0.25) is 0 Å². The van der Waals surface area contributed by atoms with Crippen molar-refractivity contribution in [1.82, 2.24) is 0 Å². The Morgan fingerprint density at radius 1 is 0.889 bits per heavy atom. The van der Waals surface area contributed by atoms with Crippen LogP contribution in [0.15, 0.2) is 18.2 Å². The predicted octanol–water partition coefficient (Wildman–Crippen LogP) is 3.33. The lowest BCUT2D eigenvalue weighted by atomic mass is 10.2. The van der Waals surface area contributed by atoms with Crippen LogP contribution >= 0.6 is 0 Å². The SMILES string of the molecule is c1cc2c(cc1N1CCCC1)OC1(CCCC1)O2. The van der Waals surface area contributed by atoms with E-state index in [9.17, 15) is 0 Å². The average Bonchev–Trinajstić information content (AvgIpc) is 3.09. The van der Waals surface area contributed by atoms with Crippen molar-refractivity contribution in [2.45, 2.75) is 44.3 Å². The Bertz CT molecular complexity index is 460. The second-order valence-corrected chi connectivity index (χ2v) is 5.65. The molecule has 0 aromatic heterocycles. The van der Waals surface area contributed by atoms with Crippen molar-refractivity contribution in [3.63, 3.8) is 0 Å². The van der Waals surface area contributed by atoms with Crippen molar-refractivity contribution in [1.29, 1.82) is 0 Å². The third-order valence-corrected chi connectivity index (χ3v) is 4.36. The van der Waals surface area contributed by atoms with Crippen molar-refractivity contribution < 1.29 is 9.47 Å². The molecule has 0 N–H and O–H groups in total. The van der Waals surface area contributed by atoms with Crippen LogP contribution in [0.3, 0.4) is 0 Å². The summed E-state index contributed by atoms with van der Waals surface area (Å²) in [6.45, 7) is 2.34. The van der Waals surface area contributed by atoms with Crippen molar-refractivity contribution in [2.75, 3.05) is 18.0 Å². The summed E-state index contributed by atoms with van der Waals surface area (Å²) in [5, 5.41) is 0. The van der Waals surface area contributed by atoms with Gasteiger partial charge in [0.05, 0.1) is 0 Å². The van der Waals surface area contributed by atoms with E-state index in [-0.39, 0.29) is 5.79 Å². The van der Waals surface area contributed by atoms with Crippen molar-refractivity contribution >= 4 is 5.69 Å². The Hall–Kier alpha value is -1.38. The second-order valence-electron chi connectivity index (χ2n) is 5.65. The summed E-state index contributed by atoms with van der Waals surface area (Å²) < 4.78 is 12.1. The van der Waals surface area contributed by atoms with Crippen LogP contribution in [-0.4, -0.2) is 18.9 Å². The van der Waals surface area contributed by atoms with E-state index in [0.29, 0.717) is 0 Å². The zero-order valence-corrected chi connectivity index (χ0v) is 10.7. The first-order valence-corrected chi connectivity index (χ1v) is 7.12. The maximum Gasteiger partial charge on any atom is 0.251 e. The van der Waals surface area contributed by atoms with E-state index in [1.165, 1.54) is 44.5 Å². The number of hydrogen-bond donors (Lipinski definition) is 0. The lowest BCUT2D eigenvalue weighted by Gasteiger charge is -2.21. The molecule has 2 fully saturated rings. The van der Waals surface area contributed by atoms with Gasteiger partial charge in [-0.2, -0.15) is 0 Å². The zero-order chi connectivity index (χ0) is 12.0. The van der Waals surface area contributed by atoms with E-state index in [2.05, 4.69) is 23.1 Å². The van der Waals surface area contributed by atoms with Gasteiger partial charge in [0.2, 0.25) is 0 Å². The molecule has 0 bridgehead atoms. The Morgan fingerprint density at radius 2 is 1.61 bits per heavy atom. The molecule has 0 unspecified atom stereocenters. The van der Waals surface area contributed by atoms with Gasteiger partial charge in [-0.1, -0.05) is 0 Å². The molecular formula is C15H19NO2. The quantitative estimate of drug-likeness (QED) is 0.757. The van der Waals surface area contributed by atoms with Gasteiger partial charge in [0, 0.05) is 37.7 Å². The largest absolute Gasteiger partial charge is 0.448 e. The highest BCUT2D eigenvalue weighted by Gasteiger charge is 2.44. The van der Waals surface area contributed by atoms with Gasteiger partial charge in [-0.25, -0.2) is 0 Å². The summed E-state index contributed by atoms with van der Waals surface area (Å²) in [6.07, 6.45) is 7.10. The van der Waals surface area contributed by atoms with Gasteiger partial charge in [0.1, 0.15) is 0 Å². The molecule has 18 heavy (non-hydrogen) atoms. The van der Waals surface area contributed by atoms with Gasteiger partial charge < -0.3 is 14.4 Å². The minimum atomic E-state index is -0.327.